The maximum Gasteiger partial charge on any atom is 0.253 e. The Kier molecular flexibility index (Phi) is 6.45. The van der Waals surface area contributed by atoms with Crippen molar-refractivity contribution in [3.63, 3.8) is 0 Å². The molecule has 34 heavy (non-hydrogen) atoms. The smallest absolute Gasteiger partial charge is 0.253 e. The normalized spacial score (nSPS) is 17.6. The molecular weight excluding hydrogens is 469 g/mol. The van der Waals surface area contributed by atoms with Crippen LogP contribution in [0, 0.1) is 12.8 Å². The van der Waals surface area contributed by atoms with Gasteiger partial charge in [-0.25, -0.2) is 0 Å². The molecule has 5 nitrogen and oxygen atoms in total. The molecular formula is C27H29Cl2N3O2. The molecule has 1 atom stereocenters. The minimum Gasteiger partial charge on any atom is -0.366 e. The van der Waals surface area contributed by atoms with Crippen molar-refractivity contribution in [2.24, 2.45) is 5.92 Å². The van der Waals surface area contributed by atoms with Crippen molar-refractivity contribution in [1.29, 1.82) is 0 Å². The van der Waals surface area contributed by atoms with E-state index in [4.69, 9.17) is 23.2 Å². The summed E-state index contributed by atoms with van der Waals surface area (Å²) in [5, 5.41) is 8.11. The summed E-state index contributed by atoms with van der Waals surface area (Å²) < 4.78 is 0. The van der Waals surface area contributed by atoms with Crippen molar-refractivity contribution in [3.05, 3.63) is 83.1 Å². The molecule has 0 spiro atoms. The minimum atomic E-state index is -0.459. The third-order valence-corrected chi connectivity index (χ3v) is 7.58. The van der Waals surface area contributed by atoms with E-state index >= 15 is 0 Å². The number of nitrogens with one attached hydrogen (secondary N) is 2. The fourth-order valence-corrected chi connectivity index (χ4v) is 5.81. The Hall–Kier alpha value is -2.34. The van der Waals surface area contributed by atoms with Crippen molar-refractivity contribution in [2.75, 3.05) is 29.9 Å². The average Bonchev–Trinajstić information content (AvgIpc) is 3.62. The molecule has 1 heterocycles. The van der Waals surface area contributed by atoms with Crippen LogP contribution >= 0.6 is 23.2 Å². The molecule has 0 radical (unpaired) electrons. The molecule has 3 aromatic carbocycles. The zero-order valence-corrected chi connectivity index (χ0v) is 21.0. The molecule has 5 rings (SSSR count). The summed E-state index contributed by atoms with van der Waals surface area (Å²) >= 11 is 13.4. The lowest BCUT2D eigenvalue weighted by atomic mass is 9.87. The molecule has 2 N–H and O–H groups in total. The predicted molar refractivity (Wildman–Crippen MR) is 141 cm³/mol. The van der Waals surface area contributed by atoms with Gasteiger partial charge in [0.1, 0.15) is 11.4 Å². The molecule has 1 fully saturated rings. The van der Waals surface area contributed by atoms with Gasteiger partial charge >= 0.3 is 0 Å². The maximum atomic E-state index is 12.5. The van der Waals surface area contributed by atoms with Gasteiger partial charge in [0, 0.05) is 35.4 Å². The molecule has 1 saturated carbocycles. The SMILES string of the molecule is CCCN(CC1CC1)c1c(Nc2cc(C)c(C3NCCc4cccc(Cl)c43)c(Cl)c2)c(=O)c1=O. The quantitative estimate of drug-likeness (QED) is 0.402. The number of anilines is 3. The van der Waals surface area contributed by atoms with Crippen LogP contribution in [0.3, 0.4) is 0 Å². The molecule has 1 aliphatic heterocycles. The Morgan fingerprint density at radius 3 is 2.59 bits per heavy atom. The summed E-state index contributed by atoms with van der Waals surface area (Å²) in [6, 6.07) is 9.74. The third-order valence-electron chi connectivity index (χ3n) is 6.94. The van der Waals surface area contributed by atoms with Gasteiger partial charge in [0.05, 0.1) is 6.04 Å². The van der Waals surface area contributed by atoms with Crippen LogP contribution in [0.4, 0.5) is 17.1 Å². The van der Waals surface area contributed by atoms with Gasteiger partial charge in [-0.1, -0.05) is 42.3 Å². The number of nitrogens with zero attached hydrogens (tertiary/aromatic N) is 1. The molecule has 1 aliphatic carbocycles. The highest BCUT2D eigenvalue weighted by molar-refractivity contribution is 6.32. The van der Waals surface area contributed by atoms with Gasteiger partial charge < -0.3 is 15.5 Å². The van der Waals surface area contributed by atoms with E-state index in [1.807, 2.05) is 31.2 Å². The summed E-state index contributed by atoms with van der Waals surface area (Å²) in [6.45, 7) is 6.54. The zero-order valence-electron chi connectivity index (χ0n) is 19.5. The van der Waals surface area contributed by atoms with Crippen LogP contribution in [-0.2, 0) is 6.42 Å². The summed E-state index contributed by atoms with van der Waals surface area (Å²) in [6.07, 6.45) is 4.22. The second-order valence-corrected chi connectivity index (χ2v) is 10.3. The number of fused-ring (bicyclic) bond motifs is 1. The van der Waals surface area contributed by atoms with Crippen LogP contribution in [0.1, 0.15) is 54.5 Å². The second kappa shape index (κ2) is 9.37. The van der Waals surface area contributed by atoms with E-state index in [-0.39, 0.29) is 6.04 Å². The van der Waals surface area contributed by atoms with E-state index < -0.39 is 10.9 Å². The summed E-state index contributed by atoms with van der Waals surface area (Å²) in [4.78, 5) is 27.1. The highest BCUT2D eigenvalue weighted by Gasteiger charge is 2.31. The first-order valence-corrected chi connectivity index (χ1v) is 12.8. The molecule has 0 bridgehead atoms. The number of rotatable bonds is 8. The number of benzene rings is 2. The first kappa shape index (κ1) is 23.4. The van der Waals surface area contributed by atoms with Crippen LogP contribution < -0.4 is 26.4 Å². The van der Waals surface area contributed by atoms with Gasteiger partial charge in [-0.15, -0.1) is 0 Å². The Labute approximate surface area is 209 Å². The van der Waals surface area contributed by atoms with E-state index in [1.165, 1.54) is 18.4 Å². The number of aryl methyl sites for hydroxylation is 1. The molecule has 1 unspecified atom stereocenters. The monoisotopic (exact) mass is 497 g/mol. The highest BCUT2D eigenvalue weighted by Crippen LogP contribution is 2.40. The number of hydrogen-bond acceptors (Lipinski definition) is 5. The maximum absolute atomic E-state index is 12.5. The highest BCUT2D eigenvalue weighted by atomic mass is 35.5. The van der Waals surface area contributed by atoms with E-state index in [9.17, 15) is 9.59 Å². The molecule has 3 aromatic rings. The van der Waals surface area contributed by atoms with E-state index in [0.717, 1.165) is 54.2 Å². The Morgan fingerprint density at radius 2 is 1.88 bits per heavy atom. The Balaban J connectivity index is 1.46. The van der Waals surface area contributed by atoms with Gasteiger partial charge in [-0.05, 0) is 79.0 Å². The van der Waals surface area contributed by atoms with Crippen molar-refractivity contribution in [3.8, 4) is 0 Å². The van der Waals surface area contributed by atoms with Crippen molar-refractivity contribution >= 4 is 40.3 Å². The largest absolute Gasteiger partial charge is 0.366 e. The van der Waals surface area contributed by atoms with E-state index in [2.05, 4.69) is 28.5 Å². The van der Waals surface area contributed by atoms with Crippen LogP contribution in [-0.4, -0.2) is 19.6 Å². The van der Waals surface area contributed by atoms with Crippen molar-refractivity contribution in [2.45, 2.75) is 45.6 Å². The first-order chi connectivity index (χ1) is 16.4. The molecule has 7 heteroatoms. The molecule has 2 aliphatic rings. The topological polar surface area (TPSA) is 61.4 Å². The van der Waals surface area contributed by atoms with Gasteiger partial charge in [-0.3, -0.25) is 9.59 Å². The predicted octanol–water partition coefficient (Wildman–Crippen LogP) is 5.50. The molecule has 178 valence electrons. The van der Waals surface area contributed by atoms with E-state index in [0.29, 0.717) is 28.0 Å². The molecule has 0 amide bonds. The lowest BCUT2D eigenvalue weighted by molar-refractivity contribution is 0.566. The summed E-state index contributed by atoms with van der Waals surface area (Å²) in [5.41, 5.74) is 5.02. The standard InChI is InChI=1S/C27H29Cl2N3O2/c1-3-11-32(14-16-7-8-16)25-24(26(33)27(25)34)31-18-12-15(2)21(20(29)13-18)23-22-17(9-10-30-23)5-4-6-19(22)28/h4-6,12-13,16,23,30-31H,3,7-11,14H2,1-2H3. The van der Waals surface area contributed by atoms with Crippen molar-refractivity contribution < 1.29 is 0 Å². The summed E-state index contributed by atoms with van der Waals surface area (Å²) in [5.74, 6) is 0.623. The van der Waals surface area contributed by atoms with Crippen LogP contribution in [0.15, 0.2) is 39.9 Å². The Bertz CT molecular complexity index is 1290. The zero-order chi connectivity index (χ0) is 24.0. The van der Waals surface area contributed by atoms with Gasteiger partial charge in [0.15, 0.2) is 0 Å². The lowest BCUT2D eigenvalue weighted by Gasteiger charge is -2.30. The fraction of sp³-hybridized carbons (Fsp3) is 0.407. The third kappa shape index (κ3) is 4.26. The van der Waals surface area contributed by atoms with E-state index in [1.54, 1.807) is 0 Å². The lowest BCUT2D eigenvalue weighted by Crippen LogP contribution is -2.43. The van der Waals surface area contributed by atoms with Gasteiger partial charge in [-0.2, -0.15) is 0 Å². The van der Waals surface area contributed by atoms with Crippen LogP contribution in [0.5, 0.6) is 0 Å². The summed E-state index contributed by atoms with van der Waals surface area (Å²) in [7, 11) is 0. The Morgan fingerprint density at radius 1 is 1.09 bits per heavy atom. The van der Waals surface area contributed by atoms with Crippen molar-refractivity contribution in [1.82, 2.24) is 5.32 Å². The van der Waals surface area contributed by atoms with Crippen LogP contribution in [0.25, 0.3) is 0 Å². The number of halogens is 2. The van der Waals surface area contributed by atoms with Gasteiger partial charge in [0.2, 0.25) is 0 Å². The average molecular weight is 498 g/mol. The minimum absolute atomic E-state index is 0.0979. The first-order valence-electron chi connectivity index (χ1n) is 12.0. The molecule has 0 saturated heterocycles. The number of hydrogen-bond donors (Lipinski definition) is 2. The van der Waals surface area contributed by atoms with Crippen LogP contribution in [0.2, 0.25) is 10.0 Å². The second-order valence-electron chi connectivity index (χ2n) is 9.53. The van der Waals surface area contributed by atoms with Gasteiger partial charge in [0.25, 0.3) is 10.9 Å². The fourth-order valence-electron chi connectivity index (χ4n) is 5.13. The molecule has 0 aromatic heterocycles.